The molecule has 0 unspecified atom stereocenters. The Bertz CT molecular complexity index is 753. The molecule has 0 aliphatic heterocycles. The summed E-state index contributed by atoms with van der Waals surface area (Å²) in [7, 11) is 0. The van der Waals surface area contributed by atoms with Gasteiger partial charge in [0.1, 0.15) is 13.3 Å². The molecular formula is C13H17N5O5. The lowest BCUT2D eigenvalue weighted by Crippen LogP contribution is -2.34. The summed E-state index contributed by atoms with van der Waals surface area (Å²) in [6.07, 6.45) is 1.63. The zero-order chi connectivity index (χ0) is 16.8. The van der Waals surface area contributed by atoms with Crippen molar-refractivity contribution >= 4 is 29.0 Å². The monoisotopic (exact) mass is 323 g/mol. The number of amides is 1. The molecular weight excluding hydrogens is 306 g/mol. The molecule has 0 spiro atoms. The minimum Gasteiger partial charge on any atom is -0.463 e. The van der Waals surface area contributed by atoms with Crippen LogP contribution in [0.15, 0.2) is 11.1 Å². The van der Waals surface area contributed by atoms with E-state index in [1.165, 1.54) is 13.3 Å². The van der Waals surface area contributed by atoms with Gasteiger partial charge in [-0.25, -0.2) is 4.98 Å². The zero-order valence-electron chi connectivity index (χ0n) is 12.8. The number of carbonyl (C=O) groups is 2. The Morgan fingerprint density at radius 2 is 2.13 bits per heavy atom. The SMILES string of the molecule is CCC(=O)OCCOCN(C(C)=O)c1nc2nc[nH]c2c(=O)[nH]1. The van der Waals surface area contributed by atoms with E-state index in [0.717, 1.165) is 4.90 Å². The largest absolute Gasteiger partial charge is 0.463 e. The zero-order valence-corrected chi connectivity index (χ0v) is 12.8. The van der Waals surface area contributed by atoms with Crippen LogP contribution >= 0.6 is 0 Å². The number of esters is 1. The lowest BCUT2D eigenvalue weighted by atomic mass is 10.5. The quantitative estimate of drug-likeness (QED) is 0.414. The third-order valence-electron chi connectivity index (χ3n) is 2.92. The Hall–Kier alpha value is -2.75. The van der Waals surface area contributed by atoms with Gasteiger partial charge >= 0.3 is 5.97 Å². The smallest absolute Gasteiger partial charge is 0.305 e. The fourth-order valence-electron chi connectivity index (χ4n) is 1.73. The Morgan fingerprint density at radius 3 is 2.83 bits per heavy atom. The summed E-state index contributed by atoms with van der Waals surface area (Å²) in [6.45, 7) is 3.06. The van der Waals surface area contributed by atoms with Crippen molar-refractivity contribution in [2.75, 3.05) is 24.8 Å². The molecule has 0 bridgehead atoms. The highest BCUT2D eigenvalue weighted by Gasteiger charge is 2.16. The van der Waals surface area contributed by atoms with Gasteiger partial charge in [-0.05, 0) is 0 Å². The number of aromatic amines is 2. The summed E-state index contributed by atoms with van der Waals surface area (Å²) in [5, 5.41) is 0. The minimum absolute atomic E-state index is 0.0349. The van der Waals surface area contributed by atoms with E-state index in [1.54, 1.807) is 6.92 Å². The molecule has 0 saturated carbocycles. The van der Waals surface area contributed by atoms with E-state index in [0.29, 0.717) is 0 Å². The summed E-state index contributed by atoms with van der Waals surface area (Å²) in [5.41, 5.74) is -0.0119. The first-order valence-corrected chi connectivity index (χ1v) is 6.97. The van der Waals surface area contributed by atoms with Gasteiger partial charge in [-0.3, -0.25) is 24.3 Å². The molecule has 0 fully saturated rings. The number of aromatic nitrogens is 4. The molecule has 2 N–H and O–H groups in total. The van der Waals surface area contributed by atoms with Crippen LogP contribution in [0.3, 0.4) is 0 Å². The lowest BCUT2D eigenvalue weighted by molar-refractivity contribution is -0.145. The first-order valence-electron chi connectivity index (χ1n) is 6.97. The molecule has 0 atom stereocenters. The second kappa shape index (κ2) is 7.49. The van der Waals surface area contributed by atoms with Crippen LogP contribution in [0.2, 0.25) is 0 Å². The van der Waals surface area contributed by atoms with Crippen molar-refractivity contribution in [1.82, 2.24) is 19.9 Å². The van der Waals surface area contributed by atoms with Gasteiger partial charge in [-0.15, -0.1) is 0 Å². The summed E-state index contributed by atoms with van der Waals surface area (Å²) in [4.78, 5) is 48.9. The van der Waals surface area contributed by atoms with E-state index in [9.17, 15) is 14.4 Å². The normalized spacial score (nSPS) is 10.7. The predicted molar refractivity (Wildman–Crippen MR) is 79.7 cm³/mol. The molecule has 124 valence electrons. The summed E-state index contributed by atoms with van der Waals surface area (Å²) >= 11 is 0. The van der Waals surface area contributed by atoms with Crippen molar-refractivity contribution in [3.8, 4) is 0 Å². The number of anilines is 1. The molecule has 0 saturated heterocycles. The Balaban J connectivity index is 2.01. The number of nitrogens with one attached hydrogen (secondary N) is 2. The average molecular weight is 323 g/mol. The van der Waals surface area contributed by atoms with Gasteiger partial charge in [0, 0.05) is 13.3 Å². The Labute approximate surface area is 130 Å². The number of ether oxygens (including phenoxy) is 2. The van der Waals surface area contributed by atoms with E-state index < -0.39 is 5.56 Å². The van der Waals surface area contributed by atoms with Crippen molar-refractivity contribution in [2.45, 2.75) is 20.3 Å². The van der Waals surface area contributed by atoms with Gasteiger partial charge in [-0.1, -0.05) is 6.92 Å². The second-order valence-corrected chi connectivity index (χ2v) is 4.55. The van der Waals surface area contributed by atoms with Crippen LogP contribution in [-0.2, 0) is 19.1 Å². The van der Waals surface area contributed by atoms with Crippen LogP contribution in [0, 0.1) is 0 Å². The number of imidazole rings is 1. The first-order chi connectivity index (χ1) is 11.0. The molecule has 23 heavy (non-hydrogen) atoms. The van der Waals surface area contributed by atoms with E-state index in [-0.39, 0.29) is 55.4 Å². The molecule has 0 aliphatic carbocycles. The number of hydrogen-bond donors (Lipinski definition) is 2. The fraction of sp³-hybridized carbons (Fsp3) is 0.462. The van der Waals surface area contributed by atoms with Crippen LogP contribution in [0.4, 0.5) is 5.95 Å². The molecule has 2 aromatic rings. The third-order valence-corrected chi connectivity index (χ3v) is 2.92. The van der Waals surface area contributed by atoms with E-state index >= 15 is 0 Å². The van der Waals surface area contributed by atoms with Gasteiger partial charge in [0.15, 0.2) is 11.2 Å². The number of rotatable bonds is 7. The summed E-state index contributed by atoms with van der Waals surface area (Å²) < 4.78 is 10.1. The van der Waals surface area contributed by atoms with Crippen molar-refractivity contribution in [3.63, 3.8) is 0 Å². The first kappa shape index (κ1) is 16.6. The summed E-state index contributed by atoms with van der Waals surface area (Å²) in [5.74, 6) is -0.659. The van der Waals surface area contributed by atoms with E-state index in [1.807, 2.05) is 0 Å². The van der Waals surface area contributed by atoms with Crippen LogP contribution in [-0.4, -0.2) is 51.8 Å². The van der Waals surface area contributed by atoms with Gasteiger partial charge < -0.3 is 14.5 Å². The predicted octanol–water partition coefficient (Wildman–Crippen LogP) is -0.0736. The van der Waals surface area contributed by atoms with Gasteiger partial charge in [0.05, 0.1) is 12.9 Å². The van der Waals surface area contributed by atoms with Gasteiger partial charge in [0.25, 0.3) is 5.56 Å². The molecule has 0 aromatic carbocycles. The number of carbonyl (C=O) groups excluding carboxylic acids is 2. The van der Waals surface area contributed by atoms with Crippen molar-refractivity contribution < 1.29 is 19.1 Å². The maximum Gasteiger partial charge on any atom is 0.305 e. The average Bonchev–Trinajstić information content (AvgIpc) is 2.99. The number of fused-ring (bicyclic) bond motifs is 1. The van der Waals surface area contributed by atoms with E-state index in [2.05, 4.69) is 19.9 Å². The number of nitrogens with zero attached hydrogens (tertiary/aromatic N) is 3. The molecule has 10 nitrogen and oxygen atoms in total. The molecule has 1 amide bonds. The highest BCUT2D eigenvalue weighted by atomic mass is 16.6. The Kier molecular flexibility index (Phi) is 5.41. The van der Waals surface area contributed by atoms with Crippen LogP contribution in [0.25, 0.3) is 11.2 Å². The second-order valence-electron chi connectivity index (χ2n) is 4.55. The van der Waals surface area contributed by atoms with Crippen LogP contribution < -0.4 is 10.5 Å². The fourth-order valence-corrected chi connectivity index (χ4v) is 1.73. The standard InChI is InChI=1S/C13H17N5O5/c1-3-9(20)23-5-4-22-7-18(8(2)19)13-16-11-10(12(21)17-13)14-6-15-11/h6H,3-5,7H2,1-2H3,(H2,14,15,16,17,21). The van der Waals surface area contributed by atoms with E-state index in [4.69, 9.17) is 9.47 Å². The maximum atomic E-state index is 11.9. The number of H-pyrrole nitrogens is 2. The van der Waals surface area contributed by atoms with Crippen LogP contribution in [0.5, 0.6) is 0 Å². The van der Waals surface area contributed by atoms with Gasteiger partial charge in [0.2, 0.25) is 11.9 Å². The molecule has 10 heteroatoms. The van der Waals surface area contributed by atoms with Gasteiger partial charge in [-0.2, -0.15) is 4.98 Å². The molecule has 2 aromatic heterocycles. The topological polar surface area (TPSA) is 130 Å². The Morgan fingerprint density at radius 1 is 1.35 bits per heavy atom. The highest BCUT2D eigenvalue weighted by molar-refractivity contribution is 5.89. The lowest BCUT2D eigenvalue weighted by Gasteiger charge is -2.19. The van der Waals surface area contributed by atoms with Crippen molar-refractivity contribution in [3.05, 3.63) is 16.7 Å². The molecule has 0 radical (unpaired) electrons. The van der Waals surface area contributed by atoms with Crippen molar-refractivity contribution in [1.29, 1.82) is 0 Å². The van der Waals surface area contributed by atoms with Crippen LogP contribution in [0.1, 0.15) is 20.3 Å². The molecule has 0 aliphatic rings. The van der Waals surface area contributed by atoms with Crippen molar-refractivity contribution in [2.24, 2.45) is 0 Å². The molecule has 2 rings (SSSR count). The number of hydrogen-bond acceptors (Lipinski definition) is 7. The maximum absolute atomic E-state index is 11.9. The summed E-state index contributed by atoms with van der Waals surface area (Å²) in [6, 6.07) is 0. The molecule has 2 heterocycles. The minimum atomic E-state index is -0.439. The highest BCUT2D eigenvalue weighted by Crippen LogP contribution is 2.09. The third kappa shape index (κ3) is 4.13.